The average molecular weight is 913 g/mol. The summed E-state index contributed by atoms with van der Waals surface area (Å²) in [5.41, 5.74) is 0. The largest absolute Gasteiger partial charge is 0.462 e. The van der Waals surface area contributed by atoms with Gasteiger partial charge in [-0.2, -0.15) is 0 Å². The lowest BCUT2D eigenvalue weighted by atomic mass is 10.1. The van der Waals surface area contributed by atoms with Crippen molar-refractivity contribution in [3.8, 4) is 0 Å². The van der Waals surface area contributed by atoms with E-state index in [1.54, 1.807) is 0 Å². The highest BCUT2D eigenvalue weighted by Gasteiger charge is 2.19. The number of esters is 3. The molecule has 0 spiro atoms. The molecule has 0 heterocycles. The molecule has 0 rings (SSSR count). The standard InChI is InChI=1S/C60H96O6/c1-4-7-10-13-16-19-22-25-28-30-32-35-38-41-44-47-50-53-59(62)65-56-57(55-64-58(61)52-49-46-43-40-37-34-27-24-21-18-15-12-9-6-3)66-60(63)54-51-48-45-42-39-36-33-31-29-26-23-20-17-14-11-8-5-2/h7,9-10,12-13,16-22,25-26,28-30,32,35,38,57H,4-6,8,11,14-15,23-24,27,31,33-34,36-37,39-56H2,1-3H3/b10-7-,12-9-,16-13-,20-17-,21-18-,22-19-,28-25-,29-26-,32-30+,38-35-. The molecule has 372 valence electrons. The van der Waals surface area contributed by atoms with Crippen LogP contribution in [-0.4, -0.2) is 37.2 Å². The number of ether oxygens (including phenoxy) is 3. The van der Waals surface area contributed by atoms with Crippen molar-refractivity contribution < 1.29 is 28.6 Å². The normalized spacial score (nSPS) is 13.1. The number of allylic oxidation sites excluding steroid dienone is 20. The van der Waals surface area contributed by atoms with Crippen LogP contribution in [0.25, 0.3) is 0 Å². The van der Waals surface area contributed by atoms with Crippen LogP contribution < -0.4 is 0 Å². The summed E-state index contributed by atoms with van der Waals surface area (Å²) in [5, 5.41) is 0. The summed E-state index contributed by atoms with van der Waals surface area (Å²) < 4.78 is 16.8. The minimum Gasteiger partial charge on any atom is -0.462 e. The molecule has 1 unspecified atom stereocenters. The number of hydrogen-bond acceptors (Lipinski definition) is 6. The quantitative estimate of drug-likeness (QED) is 0.0199. The second-order valence-electron chi connectivity index (χ2n) is 17.2. The van der Waals surface area contributed by atoms with Gasteiger partial charge >= 0.3 is 17.9 Å². The predicted octanol–water partition coefficient (Wildman–Crippen LogP) is 17.7. The Morgan fingerprint density at radius 2 is 0.667 bits per heavy atom. The maximum absolute atomic E-state index is 12.8. The lowest BCUT2D eigenvalue weighted by Crippen LogP contribution is -2.30. The molecular formula is C60H96O6. The fraction of sp³-hybridized carbons (Fsp3) is 0.617. The van der Waals surface area contributed by atoms with Gasteiger partial charge in [-0.25, -0.2) is 0 Å². The molecule has 0 amide bonds. The van der Waals surface area contributed by atoms with Crippen LogP contribution in [0.15, 0.2) is 122 Å². The Balaban J connectivity index is 4.52. The van der Waals surface area contributed by atoms with Crippen molar-refractivity contribution in [3.05, 3.63) is 122 Å². The molecule has 0 saturated heterocycles. The predicted molar refractivity (Wildman–Crippen MR) is 283 cm³/mol. The highest BCUT2D eigenvalue weighted by Crippen LogP contribution is 2.14. The topological polar surface area (TPSA) is 78.9 Å². The Morgan fingerprint density at radius 3 is 1.11 bits per heavy atom. The van der Waals surface area contributed by atoms with Crippen LogP contribution >= 0.6 is 0 Å². The molecule has 1 atom stereocenters. The van der Waals surface area contributed by atoms with E-state index in [9.17, 15) is 14.4 Å². The highest BCUT2D eigenvalue weighted by molar-refractivity contribution is 5.71. The monoisotopic (exact) mass is 913 g/mol. The zero-order valence-corrected chi connectivity index (χ0v) is 42.4. The molecule has 0 aromatic carbocycles. The molecule has 0 radical (unpaired) electrons. The first-order valence-electron chi connectivity index (χ1n) is 26.6. The van der Waals surface area contributed by atoms with Crippen molar-refractivity contribution in [2.75, 3.05) is 13.2 Å². The molecule has 0 bridgehead atoms. The first-order valence-corrected chi connectivity index (χ1v) is 26.6. The molecule has 66 heavy (non-hydrogen) atoms. The Kier molecular flexibility index (Phi) is 50.0. The van der Waals surface area contributed by atoms with E-state index in [4.69, 9.17) is 14.2 Å². The number of hydrogen-bond donors (Lipinski definition) is 0. The smallest absolute Gasteiger partial charge is 0.306 e. The van der Waals surface area contributed by atoms with Crippen LogP contribution in [0.3, 0.4) is 0 Å². The SMILES string of the molecule is CC\C=C/C=C\C=C/C=C\C=C\C=C/CCCCCC(=O)OCC(COC(=O)CCCCCCCCC/C=C\C/C=C\CC)OC(=O)CCCCCCCCC/C=C\C/C=C\CCCCC. The van der Waals surface area contributed by atoms with Crippen molar-refractivity contribution in [1.82, 2.24) is 0 Å². The second kappa shape index (κ2) is 53.4. The van der Waals surface area contributed by atoms with Crippen LogP contribution in [0, 0.1) is 0 Å². The van der Waals surface area contributed by atoms with Gasteiger partial charge in [-0.05, 0) is 96.3 Å². The molecule has 0 saturated carbocycles. The third-order valence-electron chi connectivity index (χ3n) is 10.8. The minimum atomic E-state index is -0.808. The minimum absolute atomic E-state index is 0.103. The molecule has 6 nitrogen and oxygen atoms in total. The maximum Gasteiger partial charge on any atom is 0.306 e. The van der Waals surface area contributed by atoms with Gasteiger partial charge in [0, 0.05) is 19.3 Å². The summed E-state index contributed by atoms with van der Waals surface area (Å²) in [6.07, 6.45) is 73.2. The molecule has 6 heteroatoms. The third kappa shape index (κ3) is 50.8. The fourth-order valence-electron chi connectivity index (χ4n) is 6.89. The Labute approximate surface area is 405 Å². The molecule has 0 aliphatic carbocycles. The van der Waals surface area contributed by atoms with Crippen LogP contribution in [0.5, 0.6) is 0 Å². The van der Waals surface area contributed by atoms with E-state index in [1.165, 1.54) is 77.0 Å². The molecule has 0 aliphatic heterocycles. The zero-order valence-electron chi connectivity index (χ0n) is 42.4. The van der Waals surface area contributed by atoms with E-state index >= 15 is 0 Å². The van der Waals surface area contributed by atoms with Crippen LogP contribution in [0.2, 0.25) is 0 Å². The summed E-state index contributed by atoms with van der Waals surface area (Å²) in [7, 11) is 0. The Bertz CT molecular complexity index is 1420. The zero-order chi connectivity index (χ0) is 47.9. The van der Waals surface area contributed by atoms with Gasteiger partial charge in [0.05, 0.1) is 0 Å². The Morgan fingerprint density at radius 1 is 0.333 bits per heavy atom. The van der Waals surface area contributed by atoms with Crippen molar-refractivity contribution in [1.29, 1.82) is 0 Å². The van der Waals surface area contributed by atoms with E-state index in [-0.39, 0.29) is 31.1 Å². The summed E-state index contributed by atoms with van der Waals surface area (Å²) in [5.74, 6) is -0.969. The Hall–Kier alpha value is -4.19. The molecule has 0 fully saturated rings. The van der Waals surface area contributed by atoms with Gasteiger partial charge in [0.2, 0.25) is 0 Å². The summed E-state index contributed by atoms with van der Waals surface area (Å²) in [6, 6.07) is 0. The second-order valence-corrected chi connectivity index (χ2v) is 17.2. The van der Waals surface area contributed by atoms with Crippen molar-refractivity contribution in [2.24, 2.45) is 0 Å². The van der Waals surface area contributed by atoms with Gasteiger partial charge in [-0.1, -0.05) is 226 Å². The maximum atomic E-state index is 12.8. The van der Waals surface area contributed by atoms with Gasteiger partial charge in [0.1, 0.15) is 13.2 Å². The van der Waals surface area contributed by atoms with Crippen LogP contribution in [-0.2, 0) is 28.6 Å². The summed E-state index contributed by atoms with van der Waals surface area (Å²) in [6.45, 7) is 6.30. The number of rotatable bonds is 46. The van der Waals surface area contributed by atoms with E-state index < -0.39 is 6.10 Å². The first kappa shape index (κ1) is 61.8. The number of carbonyl (C=O) groups is 3. The molecule has 0 aromatic rings. The van der Waals surface area contributed by atoms with Crippen molar-refractivity contribution in [3.63, 3.8) is 0 Å². The molecule has 0 N–H and O–H groups in total. The summed E-state index contributed by atoms with van der Waals surface area (Å²) in [4.78, 5) is 38.1. The molecule has 0 aromatic heterocycles. The van der Waals surface area contributed by atoms with E-state index in [0.717, 1.165) is 103 Å². The number of carbonyl (C=O) groups excluding carboxylic acids is 3. The first-order chi connectivity index (χ1) is 32.5. The lowest BCUT2D eigenvalue weighted by molar-refractivity contribution is -0.167. The van der Waals surface area contributed by atoms with Crippen LogP contribution in [0.1, 0.15) is 220 Å². The molecular weight excluding hydrogens is 817 g/mol. The molecule has 0 aliphatic rings. The van der Waals surface area contributed by atoms with Crippen LogP contribution in [0.4, 0.5) is 0 Å². The average Bonchev–Trinajstić information content (AvgIpc) is 3.31. The van der Waals surface area contributed by atoms with Gasteiger partial charge < -0.3 is 14.2 Å². The fourth-order valence-corrected chi connectivity index (χ4v) is 6.89. The highest BCUT2D eigenvalue weighted by atomic mass is 16.6. The van der Waals surface area contributed by atoms with Crippen molar-refractivity contribution >= 4 is 17.9 Å². The van der Waals surface area contributed by atoms with E-state index in [2.05, 4.69) is 81.5 Å². The van der Waals surface area contributed by atoms with Gasteiger partial charge in [-0.3, -0.25) is 14.4 Å². The summed E-state index contributed by atoms with van der Waals surface area (Å²) >= 11 is 0. The lowest BCUT2D eigenvalue weighted by Gasteiger charge is -2.18. The van der Waals surface area contributed by atoms with Gasteiger partial charge in [0.15, 0.2) is 6.10 Å². The van der Waals surface area contributed by atoms with Gasteiger partial charge in [-0.15, -0.1) is 0 Å². The van der Waals surface area contributed by atoms with E-state index in [0.29, 0.717) is 19.3 Å². The third-order valence-corrected chi connectivity index (χ3v) is 10.8. The van der Waals surface area contributed by atoms with Crippen molar-refractivity contribution in [2.45, 2.75) is 226 Å². The van der Waals surface area contributed by atoms with Gasteiger partial charge in [0.25, 0.3) is 0 Å². The van der Waals surface area contributed by atoms with E-state index in [1.807, 2.05) is 60.8 Å². The number of unbranched alkanes of at least 4 members (excludes halogenated alkanes) is 20.